The van der Waals surface area contributed by atoms with Crippen molar-refractivity contribution in [3.8, 4) is 0 Å². The summed E-state index contributed by atoms with van der Waals surface area (Å²) >= 11 is 7.40. The van der Waals surface area contributed by atoms with Gasteiger partial charge in [-0.05, 0) is 24.3 Å². The van der Waals surface area contributed by atoms with Crippen molar-refractivity contribution in [1.82, 2.24) is 14.9 Å². The molecule has 0 spiro atoms. The fourth-order valence-electron chi connectivity index (χ4n) is 2.29. The van der Waals surface area contributed by atoms with Crippen LogP contribution in [0.4, 0.5) is 15.9 Å². The summed E-state index contributed by atoms with van der Waals surface area (Å²) in [5.41, 5.74) is 0.685. The lowest BCUT2D eigenvalue weighted by atomic mass is 10.3. The van der Waals surface area contributed by atoms with Gasteiger partial charge in [-0.2, -0.15) is 0 Å². The van der Waals surface area contributed by atoms with Crippen LogP contribution in [0.2, 0.25) is 5.02 Å². The summed E-state index contributed by atoms with van der Waals surface area (Å²) in [6, 6.07) is 6.24. The standard InChI is InChI=1S/C16H18ClFN4OS/c17-13-11-12(1-2-14(13)18)20-15-3-4-19-16(21-15)24-10-7-22-5-8-23-9-6-22/h1-4,11H,5-10H2,(H,19,20,21). The highest BCUT2D eigenvalue weighted by Gasteiger charge is 2.10. The van der Waals surface area contributed by atoms with Crippen molar-refractivity contribution < 1.29 is 9.13 Å². The van der Waals surface area contributed by atoms with Crippen LogP contribution in [0.1, 0.15) is 0 Å². The highest BCUT2D eigenvalue weighted by molar-refractivity contribution is 7.99. The predicted octanol–water partition coefficient (Wildman–Crippen LogP) is 3.44. The number of rotatable bonds is 6. The van der Waals surface area contributed by atoms with E-state index in [1.807, 2.05) is 0 Å². The normalized spacial score (nSPS) is 15.4. The van der Waals surface area contributed by atoms with Crippen molar-refractivity contribution >= 4 is 34.9 Å². The number of nitrogens with one attached hydrogen (secondary N) is 1. The van der Waals surface area contributed by atoms with Gasteiger partial charge in [0.1, 0.15) is 11.6 Å². The molecule has 2 aromatic rings. The maximum atomic E-state index is 13.2. The Morgan fingerprint density at radius 1 is 1.29 bits per heavy atom. The van der Waals surface area contributed by atoms with Gasteiger partial charge in [0, 0.05) is 37.3 Å². The molecule has 0 aliphatic carbocycles. The molecule has 1 aromatic heterocycles. The van der Waals surface area contributed by atoms with Crippen LogP contribution >= 0.6 is 23.4 Å². The average Bonchev–Trinajstić information content (AvgIpc) is 2.60. The zero-order valence-electron chi connectivity index (χ0n) is 13.0. The van der Waals surface area contributed by atoms with Crippen LogP contribution in [0.25, 0.3) is 0 Å². The van der Waals surface area contributed by atoms with Gasteiger partial charge >= 0.3 is 0 Å². The Balaban J connectivity index is 1.54. The van der Waals surface area contributed by atoms with Gasteiger partial charge in [0.15, 0.2) is 5.16 Å². The van der Waals surface area contributed by atoms with Crippen molar-refractivity contribution in [2.75, 3.05) is 43.9 Å². The van der Waals surface area contributed by atoms with Crippen LogP contribution in [-0.4, -0.2) is 53.5 Å². The molecule has 0 amide bonds. The van der Waals surface area contributed by atoms with Gasteiger partial charge < -0.3 is 10.1 Å². The van der Waals surface area contributed by atoms with Gasteiger partial charge in [-0.15, -0.1) is 0 Å². The number of hydrogen-bond donors (Lipinski definition) is 1. The first-order valence-electron chi connectivity index (χ1n) is 7.69. The molecule has 2 heterocycles. The molecule has 1 N–H and O–H groups in total. The number of nitrogens with zero attached hydrogens (tertiary/aromatic N) is 3. The van der Waals surface area contributed by atoms with Crippen LogP contribution in [-0.2, 0) is 4.74 Å². The van der Waals surface area contributed by atoms with Crippen LogP contribution in [0.15, 0.2) is 35.6 Å². The van der Waals surface area contributed by atoms with E-state index in [-0.39, 0.29) is 5.02 Å². The van der Waals surface area contributed by atoms with Crippen molar-refractivity contribution in [3.63, 3.8) is 0 Å². The molecular formula is C16H18ClFN4OS. The largest absolute Gasteiger partial charge is 0.379 e. The van der Waals surface area contributed by atoms with E-state index in [0.29, 0.717) is 16.7 Å². The van der Waals surface area contributed by atoms with Crippen molar-refractivity contribution in [3.05, 3.63) is 41.3 Å². The first-order chi connectivity index (χ1) is 11.7. The second-order valence-corrected chi connectivity index (χ2v) is 6.75. The Hall–Kier alpha value is -1.41. The second kappa shape index (κ2) is 8.62. The lowest BCUT2D eigenvalue weighted by Crippen LogP contribution is -2.37. The molecule has 3 rings (SSSR count). The first-order valence-corrected chi connectivity index (χ1v) is 9.05. The van der Waals surface area contributed by atoms with E-state index in [1.165, 1.54) is 12.1 Å². The van der Waals surface area contributed by atoms with Gasteiger partial charge in [-0.3, -0.25) is 4.90 Å². The highest BCUT2D eigenvalue weighted by Crippen LogP contribution is 2.23. The zero-order valence-corrected chi connectivity index (χ0v) is 14.6. The van der Waals surface area contributed by atoms with E-state index in [1.54, 1.807) is 30.1 Å². The monoisotopic (exact) mass is 368 g/mol. The number of ether oxygens (including phenoxy) is 1. The summed E-state index contributed by atoms with van der Waals surface area (Å²) in [5, 5.41) is 3.90. The Bertz CT molecular complexity index is 685. The van der Waals surface area contributed by atoms with Crippen molar-refractivity contribution in [2.45, 2.75) is 5.16 Å². The fourth-order valence-corrected chi connectivity index (χ4v) is 3.30. The summed E-state index contributed by atoms with van der Waals surface area (Å²) in [7, 11) is 0. The van der Waals surface area contributed by atoms with Gasteiger partial charge in [0.25, 0.3) is 0 Å². The third-order valence-corrected chi connectivity index (χ3v) is 4.70. The molecule has 24 heavy (non-hydrogen) atoms. The van der Waals surface area contributed by atoms with E-state index in [9.17, 15) is 4.39 Å². The molecule has 0 bridgehead atoms. The summed E-state index contributed by atoms with van der Waals surface area (Å²) in [6.07, 6.45) is 1.71. The molecule has 0 atom stereocenters. The minimum Gasteiger partial charge on any atom is -0.379 e. The van der Waals surface area contributed by atoms with E-state index in [4.69, 9.17) is 16.3 Å². The lowest BCUT2D eigenvalue weighted by molar-refractivity contribution is 0.0410. The molecule has 0 radical (unpaired) electrons. The quantitative estimate of drug-likeness (QED) is 0.622. The van der Waals surface area contributed by atoms with E-state index in [2.05, 4.69) is 20.2 Å². The number of morpholine rings is 1. The SMILES string of the molecule is Fc1ccc(Nc2ccnc(SCCN3CCOCC3)n2)cc1Cl. The van der Waals surface area contributed by atoms with Gasteiger partial charge in [-0.1, -0.05) is 23.4 Å². The minimum atomic E-state index is -0.440. The Morgan fingerprint density at radius 2 is 2.12 bits per heavy atom. The fraction of sp³-hybridized carbons (Fsp3) is 0.375. The second-order valence-electron chi connectivity index (χ2n) is 5.28. The molecule has 128 valence electrons. The molecule has 0 saturated carbocycles. The Kier molecular flexibility index (Phi) is 6.25. The predicted molar refractivity (Wildman–Crippen MR) is 94.7 cm³/mol. The van der Waals surface area contributed by atoms with Gasteiger partial charge in [0.2, 0.25) is 0 Å². The summed E-state index contributed by atoms with van der Waals surface area (Å²) in [6.45, 7) is 4.56. The molecule has 1 aromatic carbocycles. The van der Waals surface area contributed by atoms with Gasteiger partial charge in [0.05, 0.1) is 18.2 Å². The molecule has 1 saturated heterocycles. The summed E-state index contributed by atoms with van der Waals surface area (Å²) < 4.78 is 18.5. The van der Waals surface area contributed by atoms with Crippen molar-refractivity contribution in [2.24, 2.45) is 0 Å². The molecule has 1 aliphatic rings. The number of benzene rings is 1. The first kappa shape index (κ1) is 17.4. The molecular weight excluding hydrogens is 351 g/mol. The number of thioether (sulfide) groups is 1. The van der Waals surface area contributed by atoms with Crippen LogP contribution in [0, 0.1) is 5.82 Å². The summed E-state index contributed by atoms with van der Waals surface area (Å²) in [5.74, 6) is 1.14. The van der Waals surface area contributed by atoms with E-state index < -0.39 is 5.82 Å². The van der Waals surface area contributed by atoms with Crippen LogP contribution in [0.3, 0.4) is 0 Å². The maximum absolute atomic E-state index is 13.2. The highest BCUT2D eigenvalue weighted by atomic mass is 35.5. The number of hydrogen-bond acceptors (Lipinski definition) is 6. The zero-order chi connectivity index (χ0) is 16.8. The average molecular weight is 369 g/mol. The van der Waals surface area contributed by atoms with E-state index >= 15 is 0 Å². The third kappa shape index (κ3) is 5.04. The minimum absolute atomic E-state index is 0.0779. The van der Waals surface area contributed by atoms with E-state index in [0.717, 1.165) is 38.6 Å². The molecule has 1 aliphatic heterocycles. The van der Waals surface area contributed by atoms with Gasteiger partial charge in [-0.25, -0.2) is 14.4 Å². The number of aromatic nitrogens is 2. The lowest BCUT2D eigenvalue weighted by Gasteiger charge is -2.26. The molecule has 1 fully saturated rings. The van der Waals surface area contributed by atoms with Crippen molar-refractivity contribution in [1.29, 1.82) is 0 Å². The molecule has 8 heteroatoms. The number of halogens is 2. The molecule has 5 nitrogen and oxygen atoms in total. The Labute approximate surface area is 149 Å². The smallest absolute Gasteiger partial charge is 0.189 e. The van der Waals surface area contributed by atoms with Crippen LogP contribution < -0.4 is 5.32 Å². The molecule has 0 unspecified atom stereocenters. The maximum Gasteiger partial charge on any atom is 0.189 e. The summed E-state index contributed by atoms with van der Waals surface area (Å²) in [4.78, 5) is 11.1. The Morgan fingerprint density at radius 3 is 2.92 bits per heavy atom. The van der Waals surface area contributed by atoms with Crippen LogP contribution in [0.5, 0.6) is 0 Å². The third-order valence-electron chi connectivity index (χ3n) is 3.57. The topological polar surface area (TPSA) is 50.3 Å². The number of anilines is 2.